The second-order valence-electron chi connectivity index (χ2n) is 7.75. The van der Waals surface area contributed by atoms with Crippen molar-refractivity contribution in [1.82, 2.24) is 20.1 Å². The van der Waals surface area contributed by atoms with Crippen molar-refractivity contribution in [1.29, 1.82) is 0 Å². The molecule has 2 N–H and O–H groups in total. The molecule has 7 heteroatoms. The van der Waals surface area contributed by atoms with E-state index in [-0.39, 0.29) is 18.0 Å². The van der Waals surface area contributed by atoms with Gasteiger partial charge in [-0.25, -0.2) is 4.98 Å². The maximum atomic E-state index is 12.4. The number of aromatic nitrogens is 3. The van der Waals surface area contributed by atoms with Crippen molar-refractivity contribution in [2.24, 2.45) is 0 Å². The van der Waals surface area contributed by atoms with Gasteiger partial charge in [-0.1, -0.05) is 12.1 Å². The standard InChI is InChI=1S/C23H28N6O/c1-16-12-21(27-23-6-4-5-9-25-23)20-13-18(7-8-22(20)29(16)17(2)30)19-14-26-28(15-19)11-10-24-3/h4-9,13-16,21,24H,10-12H2,1-3H3,(H,25,27). The molecule has 0 bridgehead atoms. The van der Waals surface area contributed by atoms with Crippen LogP contribution in [0.4, 0.5) is 11.5 Å². The van der Waals surface area contributed by atoms with Gasteiger partial charge in [-0.15, -0.1) is 0 Å². The van der Waals surface area contributed by atoms with Gasteiger partial charge in [0.25, 0.3) is 0 Å². The summed E-state index contributed by atoms with van der Waals surface area (Å²) in [5.74, 6) is 0.898. The number of hydrogen-bond donors (Lipinski definition) is 2. The van der Waals surface area contributed by atoms with Gasteiger partial charge >= 0.3 is 0 Å². The first-order chi connectivity index (χ1) is 14.6. The summed E-state index contributed by atoms with van der Waals surface area (Å²) in [6.07, 6.45) is 6.56. The van der Waals surface area contributed by atoms with Crippen LogP contribution in [0, 0.1) is 0 Å². The lowest BCUT2D eigenvalue weighted by atomic mass is 9.89. The van der Waals surface area contributed by atoms with Crippen LogP contribution in [0.1, 0.15) is 31.9 Å². The van der Waals surface area contributed by atoms with Crippen LogP contribution in [0.3, 0.4) is 0 Å². The fraction of sp³-hybridized carbons (Fsp3) is 0.348. The van der Waals surface area contributed by atoms with Crippen molar-refractivity contribution < 1.29 is 4.79 Å². The molecule has 7 nitrogen and oxygen atoms in total. The van der Waals surface area contributed by atoms with Crippen LogP contribution in [0.2, 0.25) is 0 Å². The average Bonchev–Trinajstić information content (AvgIpc) is 3.21. The Morgan fingerprint density at radius 3 is 2.83 bits per heavy atom. The van der Waals surface area contributed by atoms with E-state index in [0.717, 1.165) is 47.7 Å². The summed E-state index contributed by atoms with van der Waals surface area (Å²) in [4.78, 5) is 18.7. The Morgan fingerprint density at radius 1 is 1.23 bits per heavy atom. The van der Waals surface area contributed by atoms with Gasteiger partial charge in [-0.05, 0) is 55.8 Å². The molecule has 0 saturated carbocycles. The Balaban J connectivity index is 1.71. The summed E-state index contributed by atoms with van der Waals surface area (Å²) < 4.78 is 1.94. The highest BCUT2D eigenvalue weighted by atomic mass is 16.2. The first-order valence-electron chi connectivity index (χ1n) is 10.4. The molecule has 1 aliphatic heterocycles. The van der Waals surface area contributed by atoms with Crippen LogP contribution in [0.15, 0.2) is 55.0 Å². The van der Waals surface area contributed by atoms with E-state index in [1.807, 2.05) is 41.0 Å². The number of likely N-dealkylation sites (N-methyl/N-ethyl adjacent to an activating group) is 1. The molecule has 156 valence electrons. The molecule has 3 heterocycles. The van der Waals surface area contributed by atoms with E-state index in [1.54, 1.807) is 13.1 Å². The highest BCUT2D eigenvalue weighted by molar-refractivity contribution is 5.94. The fourth-order valence-corrected chi connectivity index (χ4v) is 4.15. The lowest BCUT2D eigenvalue weighted by molar-refractivity contribution is -0.117. The quantitative estimate of drug-likeness (QED) is 0.658. The van der Waals surface area contributed by atoms with Crippen LogP contribution in [0.25, 0.3) is 11.1 Å². The van der Waals surface area contributed by atoms with E-state index in [9.17, 15) is 4.79 Å². The molecule has 3 aromatic rings. The molecule has 4 rings (SSSR count). The molecule has 1 amide bonds. The molecule has 1 aromatic carbocycles. The summed E-state index contributed by atoms with van der Waals surface area (Å²) in [5.41, 5.74) is 4.23. The van der Waals surface area contributed by atoms with E-state index < -0.39 is 0 Å². The Bertz CT molecular complexity index is 1020. The van der Waals surface area contributed by atoms with Gasteiger partial charge in [0, 0.05) is 43.2 Å². The van der Waals surface area contributed by atoms with Crippen molar-refractivity contribution in [3.63, 3.8) is 0 Å². The van der Waals surface area contributed by atoms with Gasteiger partial charge in [0.15, 0.2) is 0 Å². The number of hydrogen-bond acceptors (Lipinski definition) is 5. The molecule has 0 aliphatic carbocycles. The third-order valence-electron chi connectivity index (χ3n) is 5.56. The maximum absolute atomic E-state index is 12.4. The zero-order chi connectivity index (χ0) is 21.1. The summed E-state index contributed by atoms with van der Waals surface area (Å²) >= 11 is 0. The Morgan fingerprint density at radius 2 is 2.10 bits per heavy atom. The molecule has 0 spiro atoms. The number of pyridine rings is 1. The third kappa shape index (κ3) is 4.07. The zero-order valence-corrected chi connectivity index (χ0v) is 17.7. The minimum atomic E-state index is 0.0627. The van der Waals surface area contributed by atoms with Crippen LogP contribution < -0.4 is 15.5 Å². The normalized spacial score (nSPS) is 18.2. The maximum Gasteiger partial charge on any atom is 0.224 e. The van der Waals surface area contributed by atoms with Crippen molar-refractivity contribution in [3.8, 4) is 11.1 Å². The molecular weight excluding hydrogens is 376 g/mol. The number of anilines is 2. The molecule has 0 fully saturated rings. The zero-order valence-electron chi connectivity index (χ0n) is 17.7. The number of carbonyl (C=O) groups excluding carboxylic acids is 1. The average molecular weight is 405 g/mol. The summed E-state index contributed by atoms with van der Waals surface area (Å²) in [6.45, 7) is 5.41. The van der Waals surface area contributed by atoms with Gasteiger partial charge < -0.3 is 15.5 Å². The molecule has 0 radical (unpaired) electrons. The molecule has 2 aromatic heterocycles. The van der Waals surface area contributed by atoms with Crippen molar-refractivity contribution in [2.75, 3.05) is 23.8 Å². The minimum Gasteiger partial charge on any atom is -0.363 e. The van der Waals surface area contributed by atoms with E-state index in [2.05, 4.69) is 52.0 Å². The number of nitrogens with zero attached hydrogens (tertiary/aromatic N) is 4. The predicted octanol–water partition coefficient (Wildman–Crippen LogP) is 3.46. The third-order valence-corrected chi connectivity index (χ3v) is 5.56. The number of rotatable bonds is 6. The number of nitrogens with one attached hydrogen (secondary N) is 2. The Labute approximate surface area is 177 Å². The topological polar surface area (TPSA) is 75.1 Å². The van der Waals surface area contributed by atoms with E-state index in [0.29, 0.717) is 0 Å². The number of benzene rings is 1. The van der Waals surface area contributed by atoms with E-state index in [4.69, 9.17) is 0 Å². The predicted molar refractivity (Wildman–Crippen MR) is 119 cm³/mol. The second kappa shape index (κ2) is 8.67. The van der Waals surface area contributed by atoms with E-state index >= 15 is 0 Å². The number of carbonyl (C=O) groups is 1. The van der Waals surface area contributed by atoms with Crippen LogP contribution in [-0.2, 0) is 11.3 Å². The second-order valence-corrected chi connectivity index (χ2v) is 7.75. The molecular formula is C23H28N6O. The number of fused-ring (bicyclic) bond motifs is 1. The largest absolute Gasteiger partial charge is 0.363 e. The summed E-state index contributed by atoms with van der Waals surface area (Å²) in [7, 11) is 1.93. The number of amides is 1. The Hall–Kier alpha value is -3.19. The highest BCUT2D eigenvalue weighted by Gasteiger charge is 2.32. The van der Waals surface area contributed by atoms with Gasteiger partial charge in [0.2, 0.25) is 5.91 Å². The first kappa shape index (κ1) is 20.1. The molecule has 2 atom stereocenters. The van der Waals surface area contributed by atoms with Crippen molar-refractivity contribution in [2.45, 2.75) is 38.9 Å². The van der Waals surface area contributed by atoms with Gasteiger partial charge in [-0.2, -0.15) is 5.10 Å². The van der Waals surface area contributed by atoms with Gasteiger partial charge in [-0.3, -0.25) is 9.48 Å². The van der Waals surface area contributed by atoms with Gasteiger partial charge in [0.1, 0.15) is 5.82 Å². The van der Waals surface area contributed by atoms with Gasteiger partial charge in [0.05, 0.1) is 18.8 Å². The lowest BCUT2D eigenvalue weighted by Crippen LogP contribution is -2.43. The highest BCUT2D eigenvalue weighted by Crippen LogP contribution is 2.40. The summed E-state index contributed by atoms with van der Waals surface area (Å²) in [6, 6.07) is 12.3. The monoisotopic (exact) mass is 404 g/mol. The lowest BCUT2D eigenvalue weighted by Gasteiger charge is -2.39. The SMILES string of the molecule is CNCCn1cc(-c2ccc3c(c2)C(Nc2ccccn2)CC(C)N3C(C)=O)cn1. The van der Waals surface area contributed by atoms with Crippen molar-refractivity contribution in [3.05, 3.63) is 60.6 Å². The van der Waals surface area contributed by atoms with Crippen molar-refractivity contribution >= 4 is 17.4 Å². The molecule has 2 unspecified atom stereocenters. The molecule has 1 aliphatic rings. The molecule has 30 heavy (non-hydrogen) atoms. The van der Waals surface area contributed by atoms with Crippen LogP contribution >= 0.6 is 0 Å². The first-order valence-corrected chi connectivity index (χ1v) is 10.4. The van der Waals surface area contributed by atoms with Crippen LogP contribution in [-0.4, -0.2) is 40.3 Å². The smallest absolute Gasteiger partial charge is 0.224 e. The fourth-order valence-electron chi connectivity index (χ4n) is 4.15. The summed E-state index contributed by atoms with van der Waals surface area (Å²) in [5, 5.41) is 11.2. The molecule has 0 saturated heterocycles. The minimum absolute atomic E-state index is 0.0627. The van der Waals surface area contributed by atoms with Crippen LogP contribution in [0.5, 0.6) is 0 Å². The van der Waals surface area contributed by atoms with E-state index in [1.165, 1.54) is 0 Å². The Kier molecular flexibility index (Phi) is 5.81.